The van der Waals surface area contributed by atoms with Gasteiger partial charge >= 0.3 is 0 Å². The fraction of sp³-hybridized carbons (Fsp3) is 0.304. The fourth-order valence-electron chi connectivity index (χ4n) is 5.28. The van der Waals surface area contributed by atoms with E-state index in [0.717, 1.165) is 5.52 Å². The summed E-state index contributed by atoms with van der Waals surface area (Å²) in [5.74, 6) is 1.36. The third kappa shape index (κ3) is 2.32. The maximum atomic E-state index is 4.54. The second-order valence-corrected chi connectivity index (χ2v) is 8.81. The lowest BCUT2D eigenvalue weighted by Crippen LogP contribution is -2.22. The highest BCUT2D eigenvalue weighted by Crippen LogP contribution is 2.51. The van der Waals surface area contributed by atoms with Gasteiger partial charge in [0.25, 0.3) is 0 Å². The Balaban J connectivity index is 1.28. The van der Waals surface area contributed by atoms with Crippen LogP contribution in [0.15, 0.2) is 60.5 Å². The quantitative estimate of drug-likeness (QED) is 0.430. The molecule has 1 saturated carbocycles. The molecule has 4 heterocycles. The van der Waals surface area contributed by atoms with Crippen molar-refractivity contribution in [1.82, 2.24) is 14.5 Å². The van der Waals surface area contributed by atoms with E-state index in [1.807, 2.05) is 30.1 Å². The van der Waals surface area contributed by atoms with Crippen LogP contribution in [0.1, 0.15) is 48.1 Å². The topological polar surface area (TPSA) is 30.7 Å². The first kappa shape index (κ1) is 15.6. The Labute approximate surface area is 162 Å². The lowest BCUT2D eigenvalue weighted by atomic mass is 9.75. The van der Waals surface area contributed by atoms with Gasteiger partial charge in [0.2, 0.25) is 0 Å². The van der Waals surface area contributed by atoms with Gasteiger partial charge in [-0.3, -0.25) is 4.98 Å². The number of thiophene rings is 1. The molecule has 6 rings (SSSR count). The van der Waals surface area contributed by atoms with Crippen LogP contribution in [0.4, 0.5) is 0 Å². The zero-order chi connectivity index (χ0) is 17.8. The SMILES string of the molecule is c1ccc2c(c1)nccc2[C@H]1CC[C@@H]([C@@H]2c3sccc3-c3cncn32)CC1. The summed E-state index contributed by atoms with van der Waals surface area (Å²) < 4.78 is 2.42. The van der Waals surface area contributed by atoms with Gasteiger partial charge in [0.15, 0.2) is 0 Å². The van der Waals surface area contributed by atoms with Gasteiger partial charge in [-0.1, -0.05) is 18.2 Å². The number of nitrogens with zero attached hydrogens (tertiary/aromatic N) is 3. The van der Waals surface area contributed by atoms with Crippen LogP contribution in [0, 0.1) is 5.92 Å². The molecule has 0 N–H and O–H groups in total. The number of para-hydroxylation sites is 1. The lowest BCUT2D eigenvalue weighted by Gasteiger charge is -2.33. The van der Waals surface area contributed by atoms with Crippen molar-refractivity contribution in [1.29, 1.82) is 0 Å². The largest absolute Gasteiger partial charge is 0.322 e. The first-order valence-corrected chi connectivity index (χ1v) is 10.7. The molecule has 0 spiro atoms. The van der Waals surface area contributed by atoms with E-state index in [2.05, 4.69) is 56.3 Å². The number of imidazole rings is 1. The third-order valence-electron chi connectivity index (χ3n) is 6.55. The van der Waals surface area contributed by atoms with Crippen molar-refractivity contribution >= 4 is 22.2 Å². The summed E-state index contributed by atoms with van der Waals surface area (Å²) in [7, 11) is 0. The zero-order valence-electron chi connectivity index (χ0n) is 15.1. The minimum atomic E-state index is 0.493. The van der Waals surface area contributed by atoms with Crippen molar-refractivity contribution in [3.63, 3.8) is 0 Å². The molecule has 134 valence electrons. The summed E-state index contributed by atoms with van der Waals surface area (Å²) in [5, 5.41) is 3.57. The Kier molecular flexibility index (Phi) is 3.48. The molecular formula is C23H21N3S. The number of aromatic nitrogens is 3. The van der Waals surface area contributed by atoms with E-state index in [-0.39, 0.29) is 0 Å². The predicted molar refractivity (Wildman–Crippen MR) is 110 cm³/mol. The van der Waals surface area contributed by atoms with Crippen LogP contribution in [-0.4, -0.2) is 14.5 Å². The number of fused-ring (bicyclic) bond motifs is 4. The number of pyridine rings is 1. The highest BCUT2D eigenvalue weighted by atomic mass is 32.1. The van der Waals surface area contributed by atoms with Gasteiger partial charge in [0.1, 0.15) is 0 Å². The van der Waals surface area contributed by atoms with Crippen LogP contribution in [0.5, 0.6) is 0 Å². The monoisotopic (exact) mass is 371 g/mol. The van der Waals surface area contributed by atoms with Crippen molar-refractivity contribution in [3.05, 3.63) is 70.9 Å². The molecule has 3 aromatic heterocycles. The molecule has 0 radical (unpaired) electrons. The summed E-state index contributed by atoms with van der Waals surface area (Å²) in [4.78, 5) is 10.5. The lowest BCUT2D eigenvalue weighted by molar-refractivity contribution is 0.268. The molecule has 3 nitrogen and oxygen atoms in total. The second-order valence-electron chi connectivity index (χ2n) is 7.86. The average molecular weight is 372 g/mol. The van der Waals surface area contributed by atoms with Gasteiger partial charge in [0, 0.05) is 22.0 Å². The number of hydrogen-bond acceptors (Lipinski definition) is 3. The average Bonchev–Trinajstić information content (AvgIpc) is 3.42. The van der Waals surface area contributed by atoms with E-state index < -0.39 is 0 Å². The molecule has 0 amide bonds. The van der Waals surface area contributed by atoms with Gasteiger partial charge in [-0.25, -0.2) is 4.98 Å². The Morgan fingerprint density at radius 3 is 2.81 bits per heavy atom. The van der Waals surface area contributed by atoms with E-state index in [1.54, 1.807) is 4.88 Å². The second kappa shape index (κ2) is 6.03. The zero-order valence-corrected chi connectivity index (χ0v) is 15.9. The van der Waals surface area contributed by atoms with Crippen LogP contribution in [0.2, 0.25) is 0 Å². The Morgan fingerprint density at radius 1 is 1.00 bits per heavy atom. The van der Waals surface area contributed by atoms with E-state index in [0.29, 0.717) is 17.9 Å². The maximum absolute atomic E-state index is 4.54. The molecule has 4 heteroatoms. The molecular weight excluding hydrogens is 350 g/mol. The predicted octanol–water partition coefficient (Wildman–Crippen LogP) is 6.04. The van der Waals surface area contributed by atoms with Crippen molar-refractivity contribution in [2.24, 2.45) is 5.92 Å². The minimum Gasteiger partial charge on any atom is -0.322 e. The van der Waals surface area contributed by atoms with Gasteiger partial charge in [-0.2, -0.15) is 0 Å². The van der Waals surface area contributed by atoms with Gasteiger partial charge < -0.3 is 4.57 Å². The van der Waals surface area contributed by atoms with Crippen LogP contribution in [-0.2, 0) is 0 Å². The van der Waals surface area contributed by atoms with Gasteiger partial charge in [-0.15, -0.1) is 11.3 Å². The normalized spacial score (nSPS) is 24.1. The van der Waals surface area contributed by atoms with Crippen LogP contribution >= 0.6 is 11.3 Å². The molecule has 27 heavy (non-hydrogen) atoms. The Morgan fingerprint density at radius 2 is 1.89 bits per heavy atom. The number of rotatable bonds is 2. The molecule has 1 fully saturated rings. The molecule has 0 bridgehead atoms. The molecule has 0 unspecified atom stereocenters. The van der Waals surface area contributed by atoms with E-state index in [9.17, 15) is 0 Å². The highest BCUT2D eigenvalue weighted by Gasteiger charge is 2.37. The molecule has 1 aromatic carbocycles. The third-order valence-corrected chi connectivity index (χ3v) is 7.53. The fourth-order valence-corrected chi connectivity index (χ4v) is 6.38. The van der Waals surface area contributed by atoms with Gasteiger partial charge in [0.05, 0.1) is 29.8 Å². The number of hydrogen-bond donors (Lipinski definition) is 0. The Bertz CT molecular complexity index is 1070. The van der Waals surface area contributed by atoms with Crippen LogP contribution in [0.25, 0.3) is 22.2 Å². The minimum absolute atomic E-state index is 0.493. The molecule has 1 aliphatic heterocycles. The summed E-state index contributed by atoms with van der Waals surface area (Å²) in [6.07, 6.45) is 11.1. The van der Waals surface area contributed by atoms with Crippen LogP contribution in [0.3, 0.4) is 0 Å². The van der Waals surface area contributed by atoms with Crippen molar-refractivity contribution < 1.29 is 0 Å². The molecule has 0 saturated heterocycles. The standard InChI is InChI=1S/C23H21N3S/c1-2-4-20-18(3-1)17(9-11-25-20)15-5-7-16(8-6-15)22-23-19(10-12-27-23)21-13-24-14-26(21)22/h1-4,9-16,22H,5-8H2/t15-,16+,22-/m1/s1. The van der Waals surface area contributed by atoms with Crippen molar-refractivity contribution in [3.8, 4) is 11.3 Å². The van der Waals surface area contributed by atoms with E-state index in [4.69, 9.17) is 0 Å². The van der Waals surface area contributed by atoms with E-state index in [1.165, 1.54) is 47.9 Å². The highest BCUT2D eigenvalue weighted by molar-refractivity contribution is 7.10. The van der Waals surface area contributed by atoms with Gasteiger partial charge in [-0.05, 0) is 66.7 Å². The first-order chi connectivity index (χ1) is 13.4. The molecule has 4 aromatic rings. The summed E-state index contributed by atoms with van der Waals surface area (Å²) in [5.41, 5.74) is 5.33. The van der Waals surface area contributed by atoms with Crippen LogP contribution < -0.4 is 0 Å². The maximum Gasteiger partial charge on any atom is 0.0957 e. The Hall–Kier alpha value is -2.46. The van der Waals surface area contributed by atoms with Crippen molar-refractivity contribution in [2.75, 3.05) is 0 Å². The summed E-state index contributed by atoms with van der Waals surface area (Å²) in [6.45, 7) is 0. The summed E-state index contributed by atoms with van der Waals surface area (Å²) >= 11 is 1.92. The number of benzene rings is 1. The molecule has 1 aliphatic carbocycles. The molecule has 2 aliphatic rings. The first-order valence-electron chi connectivity index (χ1n) is 9.83. The summed E-state index contributed by atoms with van der Waals surface area (Å²) in [6, 6.07) is 13.6. The van der Waals surface area contributed by atoms with E-state index >= 15 is 0 Å². The smallest absolute Gasteiger partial charge is 0.0957 e. The van der Waals surface area contributed by atoms with Crippen molar-refractivity contribution in [2.45, 2.75) is 37.6 Å². The molecule has 1 atom stereocenters.